The number of aromatic nitrogens is 1. The second-order valence-electron chi connectivity index (χ2n) is 2.85. The second-order valence-corrected chi connectivity index (χ2v) is 3.26. The number of aryl methyl sites for hydroxylation is 1. The zero-order valence-electron chi connectivity index (χ0n) is 7.12. The lowest BCUT2D eigenvalue weighted by atomic mass is 10.1. The van der Waals surface area contributed by atoms with E-state index < -0.39 is 0 Å². The van der Waals surface area contributed by atoms with Gasteiger partial charge in [0.2, 0.25) is 0 Å². The molecule has 13 heavy (non-hydrogen) atoms. The van der Waals surface area contributed by atoms with Crippen LogP contribution in [-0.2, 0) is 0 Å². The highest BCUT2D eigenvalue weighted by molar-refractivity contribution is 6.31. The van der Waals surface area contributed by atoms with Crippen molar-refractivity contribution < 1.29 is 4.52 Å². The van der Waals surface area contributed by atoms with Gasteiger partial charge in [-0.2, -0.15) is 0 Å². The molecule has 0 radical (unpaired) electrons. The van der Waals surface area contributed by atoms with Gasteiger partial charge in [-0.15, -0.1) is 0 Å². The summed E-state index contributed by atoms with van der Waals surface area (Å²) in [7, 11) is 0. The lowest BCUT2D eigenvalue weighted by Crippen LogP contribution is -1.79. The highest BCUT2D eigenvalue weighted by Crippen LogP contribution is 2.23. The SMILES string of the molecule is Cc1ccc(-c2ccon2)cc1Cl. The Morgan fingerprint density at radius 1 is 1.31 bits per heavy atom. The molecule has 3 heteroatoms. The van der Waals surface area contributed by atoms with E-state index in [0.29, 0.717) is 0 Å². The van der Waals surface area contributed by atoms with Gasteiger partial charge in [0.05, 0.1) is 0 Å². The van der Waals surface area contributed by atoms with Crippen molar-refractivity contribution in [1.82, 2.24) is 5.16 Å². The zero-order valence-corrected chi connectivity index (χ0v) is 7.88. The Kier molecular flexibility index (Phi) is 2.07. The molecule has 66 valence electrons. The van der Waals surface area contributed by atoms with E-state index in [0.717, 1.165) is 21.8 Å². The Hall–Kier alpha value is -1.28. The quantitative estimate of drug-likeness (QED) is 0.695. The maximum Gasteiger partial charge on any atom is 0.124 e. The molecule has 0 atom stereocenters. The van der Waals surface area contributed by atoms with Gasteiger partial charge in [0.15, 0.2) is 0 Å². The predicted octanol–water partition coefficient (Wildman–Crippen LogP) is 3.30. The third-order valence-corrected chi connectivity index (χ3v) is 2.31. The van der Waals surface area contributed by atoms with Crippen LogP contribution in [0.3, 0.4) is 0 Å². The molecular weight excluding hydrogens is 186 g/mol. The molecule has 0 bridgehead atoms. The van der Waals surface area contributed by atoms with Crippen molar-refractivity contribution in [3.8, 4) is 11.3 Å². The van der Waals surface area contributed by atoms with Gasteiger partial charge < -0.3 is 4.52 Å². The van der Waals surface area contributed by atoms with Crippen LogP contribution in [0.25, 0.3) is 11.3 Å². The normalized spacial score (nSPS) is 10.3. The third kappa shape index (κ3) is 1.58. The number of benzene rings is 1. The molecule has 0 spiro atoms. The Balaban J connectivity index is 2.49. The van der Waals surface area contributed by atoms with Gasteiger partial charge in [0.25, 0.3) is 0 Å². The second kappa shape index (κ2) is 3.23. The zero-order chi connectivity index (χ0) is 9.26. The molecule has 0 fully saturated rings. The minimum atomic E-state index is 0.750. The number of hydrogen-bond acceptors (Lipinski definition) is 2. The largest absolute Gasteiger partial charge is 0.364 e. The van der Waals surface area contributed by atoms with Gasteiger partial charge in [-0.25, -0.2) is 0 Å². The van der Waals surface area contributed by atoms with Crippen LogP contribution in [0.1, 0.15) is 5.56 Å². The van der Waals surface area contributed by atoms with E-state index >= 15 is 0 Å². The van der Waals surface area contributed by atoms with Crippen molar-refractivity contribution in [1.29, 1.82) is 0 Å². The monoisotopic (exact) mass is 193 g/mol. The number of nitrogens with zero attached hydrogens (tertiary/aromatic N) is 1. The molecule has 0 unspecified atom stereocenters. The molecule has 1 aromatic carbocycles. The van der Waals surface area contributed by atoms with Crippen molar-refractivity contribution in [3.05, 3.63) is 41.1 Å². The standard InChI is InChI=1S/C10H8ClNO/c1-7-2-3-8(6-9(7)11)10-4-5-13-12-10/h2-6H,1H3. The van der Waals surface area contributed by atoms with E-state index in [9.17, 15) is 0 Å². The van der Waals surface area contributed by atoms with Gasteiger partial charge in [0, 0.05) is 16.7 Å². The molecule has 1 aromatic heterocycles. The third-order valence-electron chi connectivity index (χ3n) is 1.91. The number of hydrogen-bond donors (Lipinski definition) is 0. The van der Waals surface area contributed by atoms with Crippen molar-refractivity contribution in [2.75, 3.05) is 0 Å². The van der Waals surface area contributed by atoms with Crippen LogP contribution < -0.4 is 0 Å². The first-order valence-corrected chi connectivity index (χ1v) is 4.32. The van der Waals surface area contributed by atoms with E-state index in [-0.39, 0.29) is 0 Å². The minimum Gasteiger partial charge on any atom is -0.364 e. The highest BCUT2D eigenvalue weighted by Gasteiger charge is 2.02. The molecule has 0 amide bonds. The molecule has 0 saturated carbocycles. The summed E-state index contributed by atoms with van der Waals surface area (Å²) in [6, 6.07) is 7.63. The first-order valence-electron chi connectivity index (χ1n) is 3.94. The minimum absolute atomic E-state index is 0.750. The van der Waals surface area contributed by atoms with Crippen molar-refractivity contribution >= 4 is 11.6 Å². The average Bonchev–Trinajstić information content (AvgIpc) is 2.62. The van der Waals surface area contributed by atoms with Gasteiger partial charge >= 0.3 is 0 Å². The van der Waals surface area contributed by atoms with Crippen molar-refractivity contribution in [2.24, 2.45) is 0 Å². The fourth-order valence-electron chi connectivity index (χ4n) is 1.11. The Bertz CT molecular complexity index is 409. The summed E-state index contributed by atoms with van der Waals surface area (Å²) in [5, 5.41) is 4.57. The molecule has 0 N–H and O–H groups in total. The molecule has 0 aliphatic rings. The lowest BCUT2D eigenvalue weighted by molar-refractivity contribution is 0.422. The van der Waals surface area contributed by atoms with Gasteiger partial charge in [-0.05, 0) is 18.6 Å². The van der Waals surface area contributed by atoms with E-state index in [2.05, 4.69) is 5.16 Å². The Morgan fingerprint density at radius 3 is 2.77 bits per heavy atom. The smallest absolute Gasteiger partial charge is 0.124 e. The number of rotatable bonds is 1. The molecule has 0 aliphatic heterocycles. The maximum atomic E-state index is 5.97. The molecule has 2 nitrogen and oxygen atoms in total. The van der Waals surface area contributed by atoms with Crippen LogP contribution in [0.4, 0.5) is 0 Å². The van der Waals surface area contributed by atoms with E-state index in [1.807, 2.05) is 25.1 Å². The summed E-state index contributed by atoms with van der Waals surface area (Å²) in [6.07, 6.45) is 1.54. The Labute approximate surface area is 81.1 Å². The van der Waals surface area contributed by atoms with Gasteiger partial charge in [0.1, 0.15) is 12.0 Å². The summed E-state index contributed by atoms with van der Waals surface area (Å²) >= 11 is 5.97. The van der Waals surface area contributed by atoms with Crippen LogP contribution in [-0.4, -0.2) is 5.16 Å². The van der Waals surface area contributed by atoms with Crippen LogP contribution in [0.5, 0.6) is 0 Å². The van der Waals surface area contributed by atoms with Gasteiger partial charge in [-0.3, -0.25) is 0 Å². The van der Waals surface area contributed by atoms with Crippen LogP contribution in [0.15, 0.2) is 35.1 Å². The van der Waals surface area contributed by atoms with E-state index in [1.165, 1.54) is 0 Å². The predicted molar refractivity (Wildman–Crippen MR) is 51.7 cm³/mol. The van der Waals surface area contributed by atoms with Crippen molar-refractivity contribution in [3.63, 3.8) is 0 Å². The molecule has 0 aliphatic carbocycles. The average molecular weight is 194 g/mol. The van der Waals surface area contributed by atoms with Crippen LogP contribution >= 0.6 is 11.6 Å². The molecule has 0 saturated heterocycles. The van der Waals surface area contributed by atoms with Crippen molar-refractivity contribution in [2.45, 2.75) is 6.92 Å². The first-order chi connectivity index (χ1) is 6.27. The van der Waals surface area contributed by atoms with E-state index in [1.54, 1.807) is 12.3 Å². The Morgan fingerprint density at radius 2 is 2.15 bits per heavy atom. The number of halogens is 1. The molecule has 2 rings (SSSR count). The maximum absolute atomic E-state index is 5.97. The summed E-state index contributed by atoms with van der Waals surface area (Å²) in [6.45, 7) is 1.97. The fourth-order valence-corrected chi connectivity index (χ4v) is 1.29. The molecular formula is C10H8ClNO. The topological polar surface area (TPSA) is 26.0 Å². The molecule has 1 heterocycles. The van der Waals surface area contributed by atoms with E-state index in [4.69, 9.17) is 16.1 Å². The molecule has 2 aromatic rings. The highest BCUT2D eigenvalue weighted by atomic mass is 35.5. The first kappa shape index (κ1) is 8.32. The fraction of sp³-hybridized carbons (Fsp3) is 0.100. The van der Waals surface area contributed by atoms with Crippen LogP contribution in [0.2, 0.25) is 5.02 Å². The summed E-state index contributed by atoms with van der Waals surface area (Å²) in [5.74, 6) is 0. The summed E-state index contributed by atoms with van der Waals surface area (Å²) < 4.78 is 4.75. The lowest BCUT2D eigenvalue weighted by Gasteiger charge is -1.99. The summed E-state index contributed by atoms with van der Waals surface area (Å²) in [4.78, 5) is 0. The van der Waals surface area contributed by atoms with Gasteiger partial charge in [-0.1, -0.05) is 28.9 Å². The summed E-state index contributed by atoms with van der Waals surface area (Å²) in [5.41, 5.74) is 2.85. The van der Waals surface area contributed by atoms with Crippen LogP contribution in [0, 0.1) is 6.92 Å².